The predicted molar refractivity (Wildman–Crippen MR) is 154 cm³/mol. The summed E-state index contributed by atoms with van der Waals surface area (Å²) in [4.78, 5) is 20.7. The highest BCUT2D eigenvalue weighted by Gasteiger charge is 2.19. The molecule has 0 amide bonds. The number of methoxy groups -OCH3 is 2. The maximum atomic E-state index is 11.5. The zero-order chi connectivity index (χ0) is 27.0. The first-order chi connectivity index (χ1) is 18.4. The number of benzene rings is 3. The molecule has 3 aromatic carbocycles. The van der Waals surface area contributed by atoms with E-state index in [1.165, 1.54) is 7.11 Å². The van der Waals surface area contributed by atoms with Crippen molar-refractivity contribution in [3.05, 3.63) is 100.0 Å². The molecule has 0 bridgehead atoms. The number of fused-ring (bicyclic) bond motifs is 1. The molecule has 0 aliphatic carbocycles. The van der Waals surface area contributed by atoms with Gasteiger partial charge in [0.2, 0.25) is 0 Å². The number of pyridine rings is 2. The first-order valence-electron chi connectivity index (χ1n) is 11.4. The van der Waals surface area contributed by atoms with Crippen molar-refractivity contribution in [3.63, 3.8) is 0 Å². The summed E-state index contributed by atoms with van der Waals surface area (Å²) in [5.74, 6) is 1.06. The molecular formula is C30H20Cl3N2O3. The largest absolute Gasteiger partial charge is 0.496 e. The Morgan fingerprint density at radius 2 is 1.63 bits per heavy atom. The number of halogens is 3. The molecule has 189 valence electrons. The zero-order valence-corrected chi connectivity index (χ0v) is 22.7. The van der Waals surface area contributed by atoms with Crippen LogP contribution in [0.5, 0.6) is 11.5 Å². The summed E-state index contributed by atoms with van der Waals surface area (Å²) in [5.41, 5.74) is 5.75. The van der Waals surface area contributed by atoms with E-state index < -0.39 is 0 Å². The van der Waals surface area contributed by atoms with Crippen LogP contribution in [-0.2, 0) is 0 Å². The van der Waals surface area contributed by atoms with Crippen LogP contribution < -0.4 is 9.47 Å². The highest BCUT2D eigenvalue weighted by molar-refractivity contribution is 6.39. The molecule has 8 heteroatoms. The molecule has 0 aliphatic heterocycles. The van der Waals surface area contributed by atoms with Gasteiger partial charge in [0.25, 0.3) is 0 Å². The Labute approximate surface area is 234 Å². The number of nitrogens with zero attached hydrogens (tertiary/aromatic N) is 2. The Bertz CT molecular complexity index is 1720. The molecule has 0 N–H and O–H groups in total. The van der Waals surface area contributed by atoms with Gasteiger partial charge in [0.15, 0.2) is 6.29 Å². The maximum absolute atomic E-state index is 11.5. The lowest BCUT2D eigenvalue weighted by Gasteiger charge is -2.15. The third-order valence-electron chi connectivity index (χ3n) is 6.26. The van der Waals surface area contributed by atoms with Crippen LogP contribution in [0.3, 0.4) is 0 Å². The smallest absolute Gasteiger partial charge is 0.153 e. The van der Waals surface area contributed by atoms with E-state index >= 15 is 0 Å². The van der Waals surface area contributed by atoms with Crippen molar-refractivity contribution in [1.29, 1.82) is 0 Å². The summed E-state index contributed by atoms with van der Waals surface area (Å²) in [7, 11) is 3.09. The van der Waals surface area contributed by atoms with E-state index in [0.29, 0.717) is 66.3 Å². The van der Waals surface area contributed by atoms with E-state index in [4.69, 9.17) is 49.3 Å². The second kappa shape index (κ2) is 10.6. The Hall–Kier alpha value is -3.64. The molecule has 0 atom stereocenters. The molecule has 1 radical (unpaired) electrons. The van der Waals surface area contributed by atoms with Crippen molar-refractivity contribution in [2.45, 2.75) is 0 Å². The normalized spacial score (nSPS) is 11.0. The molecule has 0 saturated heterocycles. The lowest BCUT2D eigenvalue weighted by molar-refractivity contribution is 0.112. The van der Waals surface area contributed by atoms with Crippen LogP contribution in [0, 0.1) is 6.92 Å². The number of carbonyl (C=O) groups excluding carboxylic acids is 1. The van der Waals surface area contributed by atoms with Crippen molar-refractivity contribution in [2.75, 3.05) is 14.2 Å². The summed E-state index contributed by atoms with van der Waals surface area (Å²) < 4.78 is 10.9. The molecule has 0 aliphatic rings. The fourth-order valence-electron chi connectivity index (χ4n) is 4.40. The second-order valence-corrected chi connectivity index (χ2v) is 9.57. The van der Waals surface area contributed by atoms with Gasteiger partial charge in [-0.1, -0.05) is 65.1 Å². The average Bonchev–Trinajstić information content (AvgIpc) is 2.93. The van der Waals surface area contributed by atoms with E-state index in [9.17, 15) is 4.79 Å². The molecule has 5 nitrogen and oxygen atoms in total. The van der Waals surface area contributed by atoms with E-state index in [2.05, 4.69) is 11.9 Å². The standard InChI is InChI=1S/C30H20Cl3N2O3/c1-16-7-8-17(14-25(16)37-2)28-27(33)20(11-12-34-28)19-5-4-6-21(26(19)32)24-10-9-22-29(35-24)23(31)13-18(15-36)30(22)38-3/h4-15H,1H2,2-3H3. The summed E-state index contributed by atoms with van der Waals surface area (Å²) >= 11 is 20.3. The van der Waals surface area contributed by atoms with Gasteiger partial charge in [-0.15, -0.1) is 0 Å². The number of hydrogen-bond donors (Lipinski definition) is 0. The Morgan fingerprint density at radius 3 is 2.37 bits per heavy atom. The molecular weight excluding hydrogens is 543 g/mol. The quantitative estimate of drug-likeness (QED) is 0.194. The van der Waals surface area contributed by atoms with Gasteiger partial charge in [-0.05, 0) is 42.8 Å². The Kier molecular flexibility index (Phi) is 7.26. The Morgan fingerprint density at radius 1 is 0.868 bits per heavy atom. The highest BCUT2D eigenvalue weighted by Crippen LogP contribution is 2.43. The SMILES string of the molecule is [CH2]c1ccc(-c2nccc(-c3cccc(-c4ccc5c(OC)c(C=O)cc(Cl)c5n4)c3Cl)c2Cl)cc1OC. The van der Waals surface area contributed by atoms with E-state index in [1.54, 1.807) is 19.4 Å². The van der Waals surface area contributed by atoms with Crippen LogP contribution >= 0.6 is 34.8 Å². The van der Waals surface area contributed by atoms with Crippen LogP contribution in [0.1, 0.15) is 15.9 Å². The second-order valence-electron chi connectivity index (χ2n) is 8.41. The van der Waals surface area contributed by atoms with Crippen molar-refractivity contribution in [3.8, 4) is 45.1 Å². The number of aromatic nitrogens is 2. The van der Waals surface area contributed by atoms with Crippen LogP contribution in [0.2, 0.25) is 15.1 Å². The lowest BCUT2D eigenvalue weighted by atomic mass is 9.99. The van der Waals surface area contributed by atoms with E-state index in [-0.39, 0.29) is 0 Å². The van der Waals surface area contributed by atoms with Gasteiger partial charge in [-0.3, -0.25) is 9.78 Å². The zero-order valence-electron chi connectivity index (χ0n) is 20.4. The maximum Gasteiger partial charge on any atom is 0.153 e. The number of rotatable bonds is 6. The number of aldehydes is 1. The fourth-order valence-corrected chi connectivity index (χ4v) is 5.31. The highest BCUT2D eigenvalue weighted by atomic mass is 35.5. The monoisotopic (exact) mass is 561 g/mol. The van der Waals surface area contributed by atoms with Crippen molar-refractivity contribution in [1.82, 2.24) is 9.97 Å². The molecule has 2 aromatic heterocycles. The van der Waals surface area contributed by atoms with Gasteiger partial charge < -0.3 is 9.47 Å². The first-order valence-corrected chi connectivity index (χ1v) is 12.6. The topological polar surface area (TPSA) is 61.3 Å². The van der Waals surface area contributed by atoms with Gasteiger partial charge in [0.1, 0.15) is 11.5 Å². The third kappa shape index (κ3) is 4.47. The molecule has 5 rings (SSSR count). The number of hydrogen-bond acceptors (Lipinski definition) is 5. The molecule has 2 heterocycles. The summed E-state index contributed by atoms with van der Waals surface area (Å²) in [5, 5.41) is 1.88. The first kappa shape index (κ1) is 26.0. The molecule has 0 spiro atoms. The number of ether oxygens (including phenoxy) is 2. The van der Waals surface area contributed by atoms with Crippen molar-refractivity contribution >= 4 is 52.0 Å². The lowest BCUT2D eigenvalue weighted by Crippen LogP contribution is -1.96. The van der Waals surface area contributed by atoms with E-state index in [0.717, 1.165) is 22.3 Å². The van der Waals surface area contributed by atoms with Gasteiger partial charge in [-0.25, -0.2) is 4.98 Å². The summed E-state index contributed by atoms with van der Waals surface area (Å²) in [6.07, 6.45) is 2.39. The average molecular weight is 563 g/mol. The fraction of sp³-hybridized carbons (Fsp3) is 0.0667. The van der Waals surface area contributed by atoms with Crippen LogP contribution in [-0.4, -0.2) is 30.5 Å². The summed E-state index contributed by atoms with van der Waals surface area (Å²) in [6, 6.07) is 18.2. The van der Waals surface area contributed by atoms with Crippen LogP contribution in [0.15, 0.2) is 66.9 Å². The van der Waals surface area contributed by atoms with E-state index in [1.807, 2.05) is 54.6 Å². The Balaban J connectivity index is 1.64. The summed E-state index contributed by atoms with van der Waals surface area (Å²) in [6.45, 7) is 3.97. The van der Waals surface area contributed by atoms with Crippen LogP contribution in [0.4, 0.5) is 0 Å². The molecule has 0 unspecified atom stereocenters. The predicted octanol–water partition coefficient (Wildman–Crippen LogP) is 8.60. The van der Waals surface area contributed by atoms with Gasteiger partial charge in [0.05, 0.1) is 51.8 Å². The van der Waals surface area contributed by atoms with Gasteiger partial charge >= 0.3 is 0 Å². The number of carbonyl (C=O) groups is 1. The minimum Gasteiger partial charge on any atom is -0.496 e. The molecule has 0 fully saturated rings. The van der Waals surface area contributed by atoms with Crippen molar-refractivity contribution < 1.29 is 14.3 Å². The van der Waals surface area contributed by atoms with Gasteiger partial charge in [-0.2, -0.15) is 0 Å². The molecule has 5 aromatic rings. The minimum absolute atomic E-state index is 0.336. The molecule has 0 saturated carbocycles. The third-order valence-corrected chi connectivity index (χ3v) is 7.33. The molecule has 38 heavy (non-hydrogen) atoms. The van der Waals surface area contributed by atoms with Crippen molar-refractivity contribution in [2.24, 2.45) is 0 Å². The van der Waals surface area contributed by atoms with Gasteiger partial charge in [0, 0.05) is 33.8 Å². The minimum atomic E-state index is 0.336. The van der Waals surface area contributed by atoms with Crippen LogP contribution in [0.25, 0.3) is 44.5 Å².